The van der Waals surface area contributed by atoms with Crippen LogP contribution in [0.2, 0.25) is 0 Å². The maximum Gasteiger partial charge on any atom is 0.254 e. The minimum absolute atomic E-state index is 0.00295. The van der Waals surface area contributed by atoms with Crippen molar-refractivity contribution in [3.63, 3.8) is 0 Å². The van der Waals surface area contributed by atoms with E-state index in [0.29, 0.717) is 11.6 Å². The molecule has 0 aliphatic carbocycles. The number of carbonyl (C=O) groups is 2. The van der Waals surface area contributed by atoms with Crippen molar-refractivity contribution in [2.24, 2.45) is 5.14 Å². The third-order valence-electron chi connectivity index (χ3n) is 3.30. The molecule has 0 aromatic heterocycles. The molecule has 0 fully saturated rings. The fourth-order valence-electron chi connectivity index (χ4n) is 2.02. The minimum atomic E-state index is -3.86. The zero-order valence-corrected chi connectivity index (χ0v) is 14.1. The SMILES string of the molecule is NS(=O)(=O)c1cccc(CNC(=O)CNC(=O)c2ccc(F)cc2F)c1. The summed E-state index contributed by atoms with van der Waals surface area (Å²) in [5.74, 6) is -3.31. The van der Waals surface area contributed by atoms with Crippen molar-refractivity contribution in [3.05, 3.63) is 65.2 Å². The van der Waals surface area contributed by atoms with E-state index in [0.717, 1.165) is 12.1 Å². The van der Waals surface area contributed by atoms with Gasteiger partial charge in [0.05, 0.1) is 17.0 Å². The summed E-state index contributed by atoms with van der Waals surface area (Å²) < 4.78 is 48.8. The first-order chi connectivity index (χ1) is 12.2. The van der Waals surface area contributed by atoms with E-state index >= 15 is 0 Å². The van der Waals surface area contributed by atoms with Gasteiger partial charge in [-0.1, -0.05) is 12.1 Å². The predicted molar refractivity (Wildman–Crippen MR) is 88.4 cm³/mol. The smallest absolute Gasteiger partial charge is 0.254 e. The van der Waals surface area contributed by atoms with Crippen LogP contribution in [-0.4, -0.2) is 26.8 Å². The van der Waals surface area contributed by atoms with E-state index in [4.69, 9.17) is 5.14 Å². The lowest BCUT2D eigenvalue weighted by Crippen LogP contribution is -2.37. The summed E-state index contributed by atoms with van der Waals surface area (Å²) in [6.07, 6.45) is 0. The van der Waals surface area contributed by atoms with Gasteiger partial charge in [-0.25, -0.2) is 22.3 Å². The highest BCUT2D eigenvalue weighted by atomic mass is 32.2. The van der Waals surface area contributed by atoms with Gasteiger partial charge < -0.3 is 10.6 Å². The van der Waals surface area contributed by atoms with Gasteiger partial charge in [-0.2, -0.15) is 0 Å². The summed E-state index contributed by atoms with van der Waals surface area (Å²) in [6, 6.07) is 8.14. The monoisotopic (exact) mass is 383 g/mol. The van der Waals surface area contributed by atoms with Gasteiger partial charge in [0.25, 0.3) is 5.91 Å². The maximum atomic E-state index is 13.5. The molecule has 0 heterocycles. The molecule has 26 heavy (non-hydrogen) atoms. The van der Waals surface area contributed by atoms with Gasteiger partial charge in [0, 0.05) is 12.6 Å². The number of primary sulfonamides is 1. The lowest BCUT2D eigenvalue weighted by atomic mass is 10.2. The van der Waals surface area contributed by atoms with Crippen molar-refractivity contribution in [2.75, 3.05) is 6.54 Å². The van der Waals surface area contributed by atoms with Crippen LogP contribution in [0.3, 0.4) is 0 Å². The van der Waals surface area contributed by atoms with Crippen LogP contribution in [0, 0.1) is 11.6 Å². The average molecular weight is 383 g/mol. The van der Waals surface area contributed by atoms with Gasteiger partial charge >= 0.3 is 0 Å². The fourth-order valence-corrected chi connectivity index (χ4v) is 2.61. The van der Waals surface area contributed by atoms with Crippen LogP contribution in [-0.2, 0) is 21.4 Å². The Hall–Kier alpha value is -2.85. The molecule has 0 aliphatic rings. The largest absolute Gasteiger partial charge is 0.350 e. The lowest BCUT2D eigenvalue weighted by molar-refractivity contribution is -0.120. The molecule has 0 spiro atoms. The standard InChI is InChI=1S/C16H15F2N3O4S/c17-11-4-5-13(14(18)7-11)16(23)21-9-15(22)20-8-10-2-1-3-12(6-10)26(19,24)25/h1-7H,8-9H2,(H,20,22)(H,21,23)(H2,19,24,25). The second-order valence-corrected chi connectivity index (χ2v) is 6.84. The molecule has 0 radical (unpaired) electrons. The highest BCUT2D eigenvalue weighted by molar-refractivity contribution is 7.89. The first-order valence-corrected chi connectivity index (χ1v) is 8.83. The van der Waals surface area contributed by atoms with Crippen LogP contribution in [0.5, 0.6) is 0 Å². The highest BCUT2D eigenvalue weighted by Crippen LogP contribution is 2.10. The maximum absolute atomic E-state index is 13.5. The van der Waals surface area contributed by atoms with E-state index in [9.17, 15) is 26.8 Å². The van der Waals surface area contributed by atoms with E-state index < -0.39 is 40.0 Å². The zero-order chi connectivity index (χ0) is 19.3. The lowest BCUT2D eigenvalue weighted by Gasteiger charge is -2.08. The number of halogens is 2. The van der Waals surface area contributed by atoms with Crippen molar-refractivity contribution < 1.29 is 26.8 Å². The Balaban J connectivity index is 1.88. The van der Waals surface area contributed by atoms with Crippen molar-refractivity contribution in [3.8, 4) is 0 Å². The summed E-state index contributed by atoms with van der Waals surface area (Å²) >= 11 is 0. The van der Waals surface area contributed by atoms with Gasteiger partial charge in [0.1, 0.15) is 11.6 Å². The molecule has 7 nitrogen and oxygen atoms in total. The third kappa shape index (κ3) is 5.33. The van der Waals surface area contributed by atoms with Crippen LogP contribution < -0.4 is 15.8 Å². The number of hydrogen-bond acceptors (Lipinski definition) is 4. The Morgan fingerprint density at radius 2 is 1.77 bits per heavy atom. The van der Waals surface area contributed by atoms with Gasteiger partial charge in [-0.15, -0.1) is 0 Å². The number of rotatable bonds is 6. The molecule has 0 bridgehead atoms. The van der Waals surface area contributed by atoms with Gasteiger partial charge in [-0.3, -0.25) is 9.59 Å². The number of sulfonamides is 1. The van der Waals surface area contributed by atoms with Gasteiger partial charge in [-0.05, 0) is 29.8 Å². The minimum Gasteiger partial charge on any atom is -0.350 e. The summed E-state index contributed by atoms with van der Waals surface area (Å²) in [5, 5.41) is 9.69. The van der Waals surface area contributed by atoms with Crippen LogP contribution in [0.1, 0.15) is 15.9 Å². The van der Waals surface area contributed by atoms with Crippen LogP contribution in [0.25, 0.3) is 0 Å². The zero-order valence-electron chi connectivity index (χ0n) is 13.3. The molecule has 2 amide bonds. The molecule has 0 unspecified atom stereocenters. The van der Waals surface area contributed by atoms with E-state index in [1.807, 2.05) is 0 Å². The molecule has 0 saturated heterocycles. The van der Waals surface area contributed by atoms with Crippen molar-refractivity contribution >= 4 is 21.8 Å². The number of amides is 2. The van der Waals surface area contributed by atoms with Crippen molar-refractivity contribution in [1.29, 1.82) is 0 Å². The highest BCUT2D eigenvalue weighted by Gasteiger charge is 2.13. The molecule has 10 heteroatoms. The van der Waals surface area contributed by atoms with Crippen LogP contribution in [0.15, 0.2) is 47.4 Å². The normalized spacial score (nSPS) is 11.0. The molecule has 0 atom stereocenters. The molecule has 0 aliphatic heterocycles. The molecule has 0 saturated carbocycles. The Kier molecular flexibility index (Phi) is 6.01. The second kappa shape index (κ2) is 8.02. The Morgan fingerprint density at radius 1 is 1.04 bits per heavy atom. The molecule has 2 rings (SSSR count). The summed E-state index contributed by atoms with van der Waals surface area (Å²) in [4.78, 5) is 23.4. The van der Waals surface area contributed by atoms with Crippen LogP contribution >= 0.6 is 0 Å². The van der Waals surface area contributed by atoms with E-state index in [1.54, 1.807) is 6.07 Å². The van der Waals surface area contributed by atoms with Crippen molar-refractivity contribution in [1.82, 2.24) is 10.6 Å². The third-order valence-corrected chi connectivity index (χ3v) is 4.21. The molecule has 4 N–H and O–H groups in total. The number of hydrogen-bond donors (Lipinski definition) is 3. The topological polar surface area (TPSA) is 118 Å². The number of carbonyl (C=O) groups excluding carboxylic acids is 2. The summed E-state index contributed by atoms with van der Waals surface area (Å²) in [6.45, 7) is -0.437. The molecular formula is C16H15F2N3O4S. The fraction of sp³-hybridized carbons (Fsp3) is 0.125. The number of nitrogens with two attached hydrogens (primary N) is 1. The quantitative estimate of drug-likeness (QED) is 0.679. The molecule has 138 valence electrons. The van der Waals surface area contributed by atoms with Gasteiger partial charge in [0.15, 0.2) is 0 Å². The number of nitrogens with one attached hydrogen (secondary N) is 2. The van der Waals surface area contributed by atoms with E-state index in [1.165, 1.54) is 18.2 Å². The second-order valence-electron chi connectivity index (χ2n) is 5.28. The Morgan fingerprint density at radius 3 is 2.42 bits per heavy atom. The first kappa shape index (κ1) is 19.5. The molecular weight excluding hydrogens is 368 g/mol. The van der Waals surface area contributed by atoms with E-state index in [2.05, 4.69) is 10.6 Å². The van der Waals surface area contributed by atoms with Crippen molar-refractivity contribution in [2.45, 2.75) is 11.4 Å². The average Bonchev–Trinajstić information content (AvgIpc) is 2.57. The summed E-state index contributed by atoms with van der Waals surface area (Å²) in [5.41, 5.74) is 0.0980. The Bertz CT molecular complexity index is 948. The molecule has 2 aromatic rings. The molecule has 2 aromatic carbocycles. The van der Waals surface area contributed by atoms with E-state index in [-0.39, 0.29) is 17.0 Å². The summed E-state index contributed by atoms with van der Waals surface area (Å²) in [7, 11) is -3.86. The van der Waals surface area contributed by atoms with Crippen LogP contribution in [0.4, 0.5) is 8.78 Å². The Labute approximate surface area is 148 Å². The first-order valence-electron chi connectivity index (χ1n) is 7.28. The predicted octanol–water partition coefficient (Wildman–Crippen LogP) is 0.658. The number of benzene rings is 2. The van der Waals surface area contributed by atoms with Gasteiger partial charge in [0.2, 0.25) is 15.9 Å².